The first kappa shape index (κ1) is 62.2. The number of unbranched alkanes of at least 4 members (excludes halogenated alkanes) is 6. The molecule has 0 amide bonds. The standard InChI is InChI=1S/C93H86N2/c1-7-9-11-15-61-93(62-16-12-10-8-2)90-63-79(77-43-56-84(57-44-77)94(80-48-35-73(36-49-80)69-27-19-65(3)20-28-69)81-50-37-74(38-51-81)70-29-21-66(4)22-30-70)47-60-88(90)92-87-18-14-13-17-86(87)89(64-91(92)93)78-45-58-85(59-46-78)95(82-52-39-75(40-53-82)71-31-23-67(5)24-32-71)83-54-41-76(42-55-83)72-33-25-68(6)26-34-72/h13-14,17-60,63-64H,7-12,15-16,61-62H2,1-6H3. The van der Waals surface area contributed by atoms with Crippen molar-refractivity contribution >= 4 is 44.9 Å². The average molecular weight is 1230 g/mol. The van der Waals surface area contributed by atoms with E-state index in [9.17, 15) is 0 Å². The summed E-state index contributed by atoms with van der Waals surface area (Å²) in [5.41, 5.74) is 32.2. The van der Waals surface area contributed by atoms with Crippen molar-refractivity contribution in [3.8, 4) is 77.9 Å². The van der Waals surface area contributed by atoms with Crippen molar-refractivity contribution in [2.24, 2.45) is 0 Å². The molecule has 95 heavy (non-hydrogen) atoms. The van der Waals surface area contributed by atoms with Crippen LogP contribution in [0.2, 0.25) is 0 Å². The molecule has 2 nitrogen and oxygen atoms in total. The molecule has 468 valence electrons. The highest BCUT2D eigenvalue weighted by Gasteiger charge is 2.44. The van der Waals surface area contributed by atoms with Gasteiger partial charge >= 0.3 is 0 Å². The molecule has 1 aliphatic rings. The first-order valence-electron chi connectivity index (χ1n) is 34.8. The molecule has 0 aliphatic heterocycles. The summed E-state index contributed by atoms with van der Waals surface area (Å²) in [7, 11) is 0. The minimum absolute atomic E-state index is 0.153. The third kappa shape index (κ3) is 13.0. The Morgan fingerprint density at radius 1 is 0.242 bits per heavy atom. The number of anilines is 6. The predicted octanol–water partition coefficient (Wildman–Crippen LogP) is 27.2. The van der Waals surface area contributed by atoms with Crippen molar-refractivity contribution in [2.45, 2.75) is 111 Å². The lowest BCUT2D eigenvalue weighted by Gasteiger charge is -2.34. The molecule has 0 unspecified atom stereocenters. The number of aryl methyl sites for hydroxylation is 4. The second kappa shape index (κ2) is 27.7. The van der Waals surface area contributed by atoms with Gasteiger partial charge in [-0.1, -0.05) is 294 Å². The summed E-state index contributed by atoms with van der Waals surface area (Å²) in [4.78, 5) is 4.82. The Bertz CT molecular complexity index is 4540. The maximum absolute atomic E-state index is 2.65. The molecule has 13 aromatic carbocycles. The van der Waals surface area contributed by atoms with Crippen LogP contribution in [-0.2, 0) is 5.41 Å². The monoisotopic (exact) mass is 1230 g/mol. The Kier molecular flexibility index (Phi) is 18.2. The summed E-state index contributed by atoms with van der Waals surface area (Å²) in [6.45, 7) is 13.3. The molecule has 0 aromatic heterocycles. The number of fused-ring (bicyclic) bond motifs is 5. The van der Waals surface area contributed by atoms with Crippen LogP contribution in [-0.4, -0.2) is 0 Å². The molecule has 0 N–H and O–H groups in total. The van der Waals surface area contributed by atoms with E-state index in [1.807, 2.05) is 0 Å². The Labute approximate surface area is 564 Å². The van der Waals surface area contributed by atoms with Gasteiger partial charge in [0.05, 0.1) is 0 Å². The van der Waals surface area contributed by atoms with Crippen LogP contribution < -0.4 is 9.80 Å². The molecule has 0 bridgehead atoms. The molecule has 0 fully saturated rings. The predicted molar refractivity (Wildman–Crippen MR) is 409 cm³/mol. The van der Waals surface area contributed by atoms with E-state index >= 15 is 0 Å². The fourth-order valence-corrected chi connectivity index (χ4v) is 14.8. The van der Waals surface area contributed by atoms with Crippen molar-refractivity contribution in [2.75, 3.05) is 9.80 Å². The lowest BCUT2D eigenvalue weighted by molar-refractivity contribution is 0.401. The molecule has 0 radical (unpaired) electrons. The molecular formula is C93H86N2. The molecule has 1 aliphatic carbocycles. The number of hydrogen-bond donors (Lipinski definition) is 0. The van der Waals surface area contributed by atoms with Crippen LogP contribution in [0.1, 0.15) is 111 Å². The highest BCUT2D eigenvalue weighted by atomic mass is 15.1. The van der Waals surface area contributed by atoms with Gasteiger partial charge in [0.1, 0.15) is 0 Å². The molecule has 0 heterocycles. The quantitative estimate of drug-likeness (QED) is 0.0624. The van der Waals surface area contributed by atoms with E-state index in [1.54, 1.807) is 0 Å². The van der Waals surface area contributed by atoms with E-state index in [0.29, 0.717) is 0 Å². The lowest BCUT2D eigenvalue weighted by atomic mass is 9.69. The van der Waals surface area contributed by atoms with Crippen LogP contribution in [0.25, 0.3) is 88.7 Å². The molecule has 0 saturated carbocycles. The van der Waals surface area contributed by atoms with Crippen molar-refractivity contribution in [3.05, 3.63) is 325 Å². The maximum Gasteiger partial charge on any atom is 0.0462 e. The molecular weight excluding hydrogens is 1150 g/mol. The third-order valence-electron chi connectivity index (χ3n) is 20.2. The van der Waals surface area contributed by atoms with Gasteiger partial charge < -0.3 is 9.80 Å². The van der Waals surface area contributed by atoms with Crippen LogP contribution >= 0.6 is 0 Å². The van der Waals surface area contributed by atoms with Crippen molar-refractivity contribution in [1.82, 2.24) is 0 Å². The number of benzene rings is 13. The minimum Gasteiger partial charge on any atom is -0.311 e. The largest absolute Gasteiger partial charge is 0.311 e. The Hall–Kier alpha value is -10.3. The normalized spacial score (nSPS) is 12.2. The molecule has 13 aromatic rings. The van der Waals surface area contributed by atoms with Gasteiger partial charge in [-0.2, -0.15) is 0 Å². The summed E-state index contributed by atoms with van der Waals surface area (Å²) >= 11 is 0. The van der Waals surface area contributed by atoms with Crippen molar-refractivity contribution in [1.29, 1.82) is 0 Å². The molecule has 0 atom stereocenters. The van der Waals surface area contributed by atoms with Gasteiger partial charge in [-0.05, 0) is 225 Å². The fraction of sp³-hybridized carbons (Fsp3) is 0.183. The Morgan fingerprint density at radius 2 is 0.526 bits per heavy atom. The van der Waals surface area contributed by atoms with Gasteiger partial charge in [0.2, 0.25) is 0 Å². The van der Waals surface area contributed by atoms with Crippen molar-refractivity contribution < 1.29 is 0 Å². The number of hydrogen-bond acceptors (Lipinski definition) is 2. The zero-order valence-electron chi connectivity index (χ0n) is 56.2. The summed E-state index contributed by atoms with van der Waals surface area (Å²) < 4.78 is 0. The summed E-state index contributed by atoms with van der Waals surface area (Å²) in [5.74, 6) is 0. The van der Waals surface area contributed by atoms with Crippen LogP contribution in [0.4, 0.5) is 34.1 Å². The van der Waals surface area contributed by atoms with Gasteiger partial charge in [0.15, 0.2) is 0 Å². The lowest BCUT2D eigenvalue weighted by Crippen LogP contribution is -2.25. The van der Waals surface area contributed by atoms with Crippen molar-refractivity contribution in [3.63, 3.8) is 0 Å². The van der Waals surface area contributed by atoms with Gasteiger partial charge in [0.25, 0.3) is 0 Å². The van der Waals surface area contributed by atoms with Gasteiger partial charge in [-0.25, -0.2) is 0 Å². The Balaban J connectivity index is 0.843. The van der Waals surface area contributed by atoms with Crippen LogP contribution in [0.15, 0.2) is 291 Å². The summed E-state index contributed by atoms with van der Waals surface area (Å²) in [5, 5.41) is 2.64. The second-order valence-electron chi connectivity index (χ2n) is 26.8. The van der Waals surface area contributed by atoms with E-state index < -0.39 is 0 Å². The van der Waals surface area contributed by atoms with Crippen LogP contribution in [0.5, 0.6) is 0 Å². The van der Waals surface area contributed by atoms with Gasteiger partial charge in [-0.15, -0.1) is 0 Å². The zero-order chi connectivity index (χ0) is 64.8. The van der Waals surface area contributed by atoms with Gasteiger partial charge in [-0.3, -0.25) is 0 Å². The smallest absolute Gasteiger partial charge is 0.0462 e. The molecule has 14 rings (SSSR count). The van der Waals surface area contributed by atoms with E-state index in [0.717, 1.165) is 47.0 Å². The highest BCUT2D eigenvalue weighted by Crippen LogP contribution is 2.58. The molecule has 0 spiro atoms. The highest BCUT2D eigenvalue weighted by molar-refractivity contribution is 6.09. The summed E-state index contributed by atoms with van der Waals surface area (Å²) in [6, 6.07) is 110. The minimum atomic E-state index is -0.153. The zero-order valence-corrected chi connectivity index (χ0v) is 56.2. The second-order valence-corrected chi connectivity index (χ2v) is 26.8. The Morgan fingerprint density at radius 3 is 0.853 bits per heavy atom. The fourth-order valence-electron chi connectivity index (χ4n) is 14.8. The first-order valence-corrected chi connectivity index (χ1v) is 34.8. The van der Waals surface area contributed by atoms with E-state index in [4.69, 9.17) is 0 Å². The van der Waals surface area contributed by atoms with Crippen LogP contribution in [0.3, 0.4) is 0 Å². The number of rotatable bonds is 22. The third-order valence-corrected chi connectivity index (χ3v) is 20.2. The average Bonchev–Trinajstić information content (AvgIpc) is 1.54. The van der Waals surface area contributed by atoms with E-state index in [1.165, 1.54) is 173 Å². The van der Waals surface area contributed by atoms with Crippen LogP contribution in [0, 0.1) is 27.7 Å². The number of nitrogens with zero attached hydrogens (tertiary/aromatic N) is 2. The maximum atomic E-state index is 2.65. The summed E-state index contributed by atoms with van der Waals surface area (Å²) in [6.07, 6.45) is 12.0. The molecule has 0 saturated heterocycles. The SMILES string of the molecule is CCCCCCC1(CCCCCC)c2cc(-c3ccc(N(c4ccc(-c5ccc(C)cc5)cc4)c4ccc(-c5ccc(C)cc5)cc4)cc3)ccc2-c2c1cc(-c1ccc(N(c3ccc(-c4ccc(C)cc4)cc3)c3ccc(-c4ccc(C)cc4)cc3)cc1)c1ccccc21. The molecule has 2 heteroatoms. The van der Waals surface area contributed by atoms with E-state index in [-0.39, 0.29) is 5.41 Å². The van der Waals surface area contributed by atoms with E-state index in [2.05, 4.69) is 343 Å². The topological polar surface area (TPSA) is 6.48 Å². The van der Waals surface area contributed by atoms with Gasteiger partial charge in [0, 0.05) is 39.5 Å². The first-order chi connectivity index (χ1) is 46.6.